The molecule has 0 aromatic heterocycles. The number of esters is 2. The highest BCUT2D eigenvalue weighted by molar-refractivity contribution is 5.73. The molecule has 1 aliphatic heterocycles. The van der Waals surface area contributed by atoms with Crippen LogP contribution in [0, 0.1) is 0 Å². The van der Waals surface area contributed by atoms with Crippen molar-refractivity contribution in [1.29, 1.82) is 0 Å². The van der Waals surface area contributed by atoms with Crippen molar-refractivity contribution in [2.24, 2.45) is 0 Å². The summed E-state index contributed by atoms with van der Waals surface area (Å²) in [5.74, 6) is -2.42. The first-order chi connectivity index (χ1) is 27.7. The fraction of sp³-hybridized carbons (Fsp3) is 0.935. The van der Waals surface area contributed by atoms with Crippen LogP contribution in [0.3, 0.4) is 0 Å². The minimum atomic E-state index is -1.85. The Hall–Kier alpha value is -1.79. The molecule has 1 heterocycles. The summed E-state index contributed by atoms with van der Waals surface area (Å²) in [6.45, 7) is 3.83. The zero-order chi connectivity index (χ0) is 41.8. The van der Waals surface area contributed by atoms with Gasteiger partial charge in [-0.2, -0.15) is 0 Å². The SMILES string of the molecule is CCCCCCCCCCCCCCCCCCCCCCC(=O)OCC(COC1OC(C(=O)O)C(O)C(O)C1O)OC(=O)CCCCCCCCCCCCC. The molecule has 0 bridgehead atoms. The van der Waals surface area contributed by atoms with Gasteiger partial charge in [0.1, 0.15) is 24.9 Å². The van der Waals surface area contributed by atoms with Crippen LogP contribution in [0.5, 0.6) is 0 Å². The summed E-state index contributed by atoms with van der Waals surface area (Å²) in [6.07, 6.45) is 28.8. The van der Waals surface area contributed by atoms with Crippen LogP contribution < -0.4 is 0 Å². The summed E-state index contributed by atoms with van der Waals surface area (Å²) >= 11 is 0. The average molecular weight is 815 g/mol. The van der Waals surface area contributed by atoms with Gasteiger partial charge in [0, 0.05) is 12.8 Å². The molecule has 4 N–H and O–H groups in total. The Bertz CT molecular complexity index is 963. The molecule has 1 aliphatic rings. The van der Waals surface area contributed by atoms with Crippen LogP contribution in [0.1, 0.15) is 226 Å². The topological polar surface area (TPSA) is 169 Å². The third-order valence-corrected chi connectivity index (χ3v) is 11.2. The van der Waals surface area contributed by atoms with E-state index >= 15 is 0 Å². The molecule has 0 aromatic rings. The fourth-order valence-electron chi connectivity index (χ4n) is 7.47. The van der Waals surface area contributed by atoms with Crippen LogP contribution in [0.2, 0.25) is 0 Å². The van der Waals surface area contributed by atoms with Crippen molar-refractivity contribution < 1.29 is 53.8 Å². The van der Waals surface area contributed by atoms with E-state index < -0.39 is 54.7 Å². The molecule has 11 nitrogen and oxygen atoms in total. The van der Waals surface area contributed by atoms with Gasteiger partial charge < -0.3 is 39.4 Å². The Morgan fingerprint density at radius 3 is 1.19 bits per heavy atom. The molecule has 0 aromatic carbocycles. The highest BCUT2D eigenvalue weighted by Crippen LogP contribution is 2.23. The number of rotatable bonds is 40. The number of carbonyl (C=O) groups excluding carboxylic acids is 2. The van der Waals surface area contributed by atoms with Crippen molar-refractivity contribution in [3.8, 4) is 0 Å². The van der Waals surface area contributed by atoms with Crippen LogP contribution in [0.25, 0.3) is 0 Å². The van der Waals surface area contributed by atoms with Gasteiger partial charge in [0.15, 0.2) is 18.5 Å². The quantitative estimate of drug-likeness (QED) is 0.0343. The Kier molecular flexibility index (Phi) is 34.8. The zero-order valence-corrected chi connectivity index (χ0v) is 36.4. The summed E-state index contributed by atoms with van der Waals surface area (Å²) in [7, 11) is 0. The van der Waals surface area contributed by atoms with Crippen LogP contribution in [-0.4, -0.2) is 88.4 Å². The Morgan fingerprint density at radius 2 is 0.825 bits per heavy atom. The lowest BCUT2D eigenvalue weighted by molar-refractivity contribution is -0.298. The lowest BCUT2D eigenvalue weighted by atomic mass is 9.99. The molecule has 1 saturated heterocycles. The monoisotopic (exact) mass is 815 g/mol. The van der Waals surface area contributed by atoms with E-state index in [9.17, 15) is 34.8 Å². The lowest BCUT2D eigenvalue weighted by Crippen LogP contribution is -2.60. The second kappa shape index (κ2) is 37.2. The minimum Gasteiger partial charge on any atom is -0.479 e. The molecule has 0 aliphatic carbocycles. The molecule has 6 atom stereocenters. The lowest BCUT2D eigenvalue weighted by Gasteiger charge is -2.38. The number of hydrogen-bond acceptors (Lipinski definition) is 10. The van der Waals surface area contributed by atoms with E-state index in [1.54, 1.807) is 0 Å². The predicted molar refractivity (Wildman–Crippen MR) is 225 cm³/mol. The highest BCUT2D eigenvalue weighted by Gasteiger charge is 2.47. The summed E-state index contributed by atoms with van der Waals surface area (Å²) < 4.78 is 21.7. The largest absolute Gasteiger partial charge is 0.479 e. The molecule has 1 fully saturated rings. The maximum atomic E-state index is 12.7. The number of aliphatic carboxylic acids is 1. The van der Waals surface area contributed by atoms with E-state index in [2.05, 4.69) is 13.8 Å². The number of hydrogen-bond donors (Lipinski definition) is 4. The maximum absolute atomic E-state index is 12.7. The Balaban J connectivity index is 2.28. The van der Waals surface area contributed by atoms with Gasteiger partial charge in [-0.05, 0) is 12.8 Å². The highest BCUT2D eigenvalue weighted by atomic mass is 16.7. The van der Waals surface area contributed by atoms with Crippen molar-refractivity contribution in [1.82, 2.24) is 0 Å². The third kappa shape index (κ3) is 29.1. The Labute approximate surface area is 346 Å². The van der Waals surface area contributed by atoms with E-state index in [4.69, 9.17) is 18.9 Å². The molecule has 57 heavy (non-hydrogen) atoms. The smallest absolute Gasteiger partial charge is 0.335 e. The second-order valence-corrected chi connectivity index (χ2v) is 16.6. The first-order valence-corrected chi connectivity index (χ1v) is 23.6. The normalized spacial score (nSPS) is 20.1. The average Bonchev–Trinajstić information content (AvgIpc) is 3.19. The number of carboxylic acid groups (broad SMARTS) is 1. The van der Waals surface area contributed by atoms with E-state index in [0.717, 1.165) is 38.5 Å². The summed E-state index contributed by atoms with van der Waals surface area (Å²) in [5, 5.41) is 39.8. The molecule has 336 valence electrons. The molecular weight excluding hydrogens is 728 g/mol. The number of carbonyl (C=O) groups is 3. The first kappa shape index (κ1) is 53.2. The predicted octanol–water partition coefficient (Wildman–Crippen LogP) is 10.3. The summed E-state index contributed by atoms with van der Waals surface area (Å²) in [6, 6.07) is 0. The molecule has 6 unspecified atom stereocenters. The van der Waals surface area contributed by atoms with Crippen LogP contribution in [-0.2, 0) is 33.3 Å². The molecule has 11 heteroatoms. The minimum absolute atomic E-state index is 0.190. The number of unbranched alkanes of at least 4 members (excludes halogenated alkanes) is 29. The van der Waals surface area contributed by atoms with Crippen LogP contribution in [0.15, 0.2) is 0 Å². The van der Waals surface area contributed by atoms with Gasteiger partial charge in [0.05, 0.1) is 6.61 Å². The van der Waals surface area contributed by atoms with E-state index in [1.807, 2.05) is 0 Å². The van der Waals surface area contributed by atoms with Crippen molar-refractivity contribution >= 4 is 17.9 Å². The van der Waals surface area contributed by atoms with Gasteiger partial charge in [0.25, 0.3) is 0 Å². The molecule has 0 spiro atoms. The number of aliphatic hydroxyl groups excluding tert-OH is 3. The number of ether oxygens (including phenoxy) is 4. The number of carboxylic acids is 1. The zero-order valence-electron chi connectivity index (χ0n) is 36.4. The molecule has 0 radical (unpaired) electrons. The van der Waals surface area contributed by atoms with Crippen molar-refractivity contribution in [3.63, 3.8) is 0 Å². The third-order valence-electron chi connectivity index (χ3n) is 11.2. The summed E-state index contributed by atoms with van der Waals surface area (Å²) in [4.78, 5) is 36.8. The van der Waals surface area contributed by atoms with Gasteiger partial charge in [-0.1, -0.05) is 200 Å². The standard InChI is InChI=1S/C46H86O11/c1-3-5-7-9-11-13-15-16-17-18-19-20-21-22-23-25-26-28-30-32-34-39(47)54-36-38(37-55-46-43(51)41(49)42(50)44(57-46)45(52)53)56-40(48)35-33-31-29-27-24-14-12-10-8-6-4-2/h38,41-44,46,49-51H,3-37H2,1-2H3,(H,52,53). The Morgan fingerprint density at radius 1 is 0.474 bits per heavy atom. The molecular formula is C46H86O11. The summed E-state index contributed by atoms with van der Waals surface area (Å²) in [5.41, 5.74) is 0. The molecule has 0 amide bonds. The number of aliphatic hydroxyl groups is 3. The van der Waals surface area contributed by atoms with Gasteiger partial charge in [0.2, 0.25) is 0 Å². The van der Waals surface area contributed by atoms with E-state index in [0.29, 0.717) is 12.8 Å². The van der Waals surface area contributed by atoms with Gasteiger partial charge in [-0.3, -0.25) is 9.59 Å². The van der Waals surface area contributed by atoms with E-state index in [-0.39, 0.29) is 26.1 Å². The first-order valence-electron chi connectivity index (χ1n) is 23.6. The van der Waals surface area contributed by atoms with Gasteiger partial charge >= 0.3 is 17.9 Å². The molecule has 1 rings (SSSR count). The fourth-order valence-corrected chi connectivity index (χ4v) is 7.47. The van der Waals surface area contributed by atoms with Crippen LogP contribution >= 0.6 is 0 Å². The second-order valence-electron chi connectivity index (χ2n) is 16.6. The van der Waals surface area contributed by atoms with Gasteiger partial charge in [-0.25, -0.2) is 4.79 Å². The van der Waals surface area contributed by atoms with Crippen molar-refractivity contribution in [2.45, 2.75) is 263 Å². The maximum Gasteiger partial charge on any atom is 0.335 e. The van der Waals surface area contributed by atoms with Crippen LogP contribution in [0.4, 0.5) is 0 Å². The van der Waals surface area contributed by atoms with E-state index in [1.165, 1.54) is 148 Å². The van der Waals surface area contributed by atoms with Crippen molar-refractivity contribution in [3.05, 3.63) is 0 Å². The van der Waals surface area contributed by atoms with Crippen molar-refractivity contribution in [2.75, 3.05) is 13.2 Å². The van der Waals surface area contributed by atoms with Gasteiger partial charge in [-0.15, -0.1) is 0 Å². The molecule has 0 saturated carbocycles.